The number of rotatable bonds is 6. The smallest absolute Gasteiger partial charge is 0.387 e. The number of hydrogen-bond acceptors (Lipinski definition) is 3. The second-order valence-electron chi connectivity index (χ2n) is 4.96. The Hall–Kier alpha value is -2.05. The van der Waals surface area contributed by atoms with Crippen LogP contribution >= 0.6 is 0 Å². The van der Waals surface area contributed by atoms with Gasteiger partial charge in [-0.2, -0.15) is 8.78 Å². The fourth-order valence-corrected chi connectivity index (χ4v) is 2.02. The van der Waals surface area contributed by atoms with Gasteiger partial charge in [0.05, 0.1) is 13.2 Å². The third kappa shape index (κ3) is 5.05. The van der Waals surface area contributed by atoms with Crippen LogP contribution < -0.4 is 9.47 Å². The van der Waals surface area contributed by atoms with Crippen LogP contribution in [-0.4, -0.2) is 57.2 Å². The van der Waals surface area contributed by atoms with Gasteiger partial charge in [-0.25, -0.2) is 4.99 Å². The van der Waals surface area contributed by atoms with Gasteiger partial charge in [0.15, 0.2) is 17.5 Å². The molecule has 5 nitrogen and oxygen atoms in total. The van der Waals surface area contributed by atoms with Gasteiger partial charge in [-0.15, -0.1) is 0 Å². The van der Waals surface area contributed by atoms with Gasteiger partial charge in [0.25, 0.3) is 0 Å². The molecular weight excluding hydrogens is 292 g/mol. The summed E-state index contributed by atoms with van der Waals surface area (Å²) in [6, 6.07) is 5.04. The van der Waals surface area contributed by atoms with E-state index >= 15 is 0 Å². The number of halogens is 2. The summed E-state index contributed by atoms with van der Waals surface area (Å²) in [6.07, 6.45) is 0. The molecule has 0 fully saturated rings. The van der Waals surface area contributed by atoms with Crippen LogP contribution in [-0.2, 0) is 6.54 Å². The van der Waals surface area contributed by atoms with Crippen LogP contribution in [0.1, 0.15) is 12.5 Å². The Labute approximate surface area is 130 Å². The average Bonchev–Trinajstić information content (AvgIpc) is 2.41. The van der Waals surface area contributed by atoms with Crippen molar-refractivity contribution in [3.63, 3.8) is 0 Å². The van der Waals surface area contributed by atoms with E-state index < -0.39 is 6.61 Å². The van der Waals surface area contributed by atoms with Crippen LogP contribution in [0.3, 0.4) is 0 Å². The maximum atomic E-state index is 12.6. The molecule has 0 saturated carbocycles. The molecule has 1 rings (SSSR count). The molecule has 0 N–H and O–H groups in total. The van der Waals surface area contributed by atoms with Gasteiger partial charge in [-0.05, 0) is 13.0 Å². The molecule has 0 unspecified atom stereocenters. The van der Waals surface area contributed by atoms with Crippen molar-refractivity contribution in [2.24, 2.45) is 4.99 Å². The standard InChI is InChI=1S/C15H23F2N3O2/c1-6-21-12-9-7-8-11(13(12)22-14(16)17)10-18-15(19(2)3)20(4)5/h7-9,14H,6,10H2,1-5H3. The van der Waals surface area contributed by atoms with E-state index in [4.69, 9.17) is 4.74 Å². The van der Waals surface area contributed by atoms with E-state index in [0.29, 0.717) is 17.9 Å². The zero-order chi connectivity index (χ0) is 16.7. The van der Waals surface area contributed by atoms with Crippen molar-refractivity contribution in [1.29, 1.82) is 0 Å². The number of aliphatic imine (C=N–C) groups is 1. The first kappa shape index (κ1) is 18.0. The second kappa shape index (κ2) is 8.41. The third-order valence-corrected chi connectivity index (χ3v) is 2.76. The van der Waals surface area contributed by atoms with E-state index in [1.165, 1.54) is 0 Å². The number of alkyl halides is 2. The van der Waals surface area contributed by atoms with E-state index in [2.05, 4.69) is 9.73 Å². The predicted octanol–water partition coefficient (Wildman–Crippen LogP) is 2.67. The molecule has 0 bridgehead atoms. The molecule has 0 heterocycles. The van der Waals surface area contributed by atoms with Crippen LogP contribution in [0.5, 0.6) is 11.5 Å². The lowest BCUT2D eigenvalue weighted by molar-refractivity contribution is -0.0520. The molecule has 0 aliphatic carbocycles. The molecule has 1 aromatic carbocycles. The van der Waals surface area contributed by atoms with Gasteiger partial charge in [0, 0.05) is 33.8 Å². The first-order chi connectivity index (χ1) is 10.4. The summed E-state index contributed by atoms with van der Waals surface area (Å²) < 4.78 is 35.3. The molecular formula is C15H23F2N3O2. The summed E-state index contributed by atoms with van der Waals surface area (Å²) in [5, 5.41) is 0. The summed E-state index contributed by atoms with van der Waals surface area (Å²) in [6.45, 7) is -0.541. The van der Waals surface area contributed by atoms with E-state index in [1.807, 2.05) is 38.0 Å². The molecule has 0 aliphatic rings. The van der Waals surface area contributed by atoms with Gasteiger partial charge in [-0.1, -0.05) is 12.1 Å². The highest BCUT2D eigenvalue weighted by Crippen LogP contribution is 2.33. The number of guanidine groups is 1. The first-order valence-electron chi connectivity index (χ1n) is 6.95. The summed E-state index contributed by atoms with van der Waals surface area (Å²) in [5.41, 5.74) is 0.549. The second-order valence-corrected chi connectivity index (χ2v) is 4.96. The van der Waals surface area contributed by atoms with Gasteiger partial charge in [0.2, 0.25) is 0 Å². The Balaban J connectivity index is 3.12. The number of hydrogen-bond donors (Lipinski definition) is 0. The maximum Gasteiger partial charge on any atom is 0.387 e. The zero-order valence-corrected chi connectivity index (χ0v) is 13.6. The minimum atomic E-state index is -2.91. The van der Waals surface area contributed by atoms with Gasteiger partial charge in [-0.3, -0.25) is 0 Å². The Bertz CT molecular complexity index is 496. The average molecular weight is 315 g/mol. The Morgan fingerprint density at radius 2 is 1.82 bits per heavy atom. The monoisotopic (exact) mass is 315 g/mol. The summed E-state index contributed by atoms with van der Waals surface area (Å²) >= 11 is 0. The molecule has 0 aromatic heterocycles. The Kier molecular flexibility index (Phi) is 6.88. The summed E-state index contributed by atoms with van der Waals surface area (Å²) in [4.78, 5) is 8.14. The summed E-state index contributed by atoms with van der Waals surface area (Å²) in [7, 11) is 7.47. The van der Waals surface area contributed by atoms with E-state index in [9.17, 15) is 8.78 Å². The zero-order valence-electron chi connectivity index (χ0n) is 13.6. The Morgan fingerprint density at radius 3 is 2.32 bits per heavy atom. The molecule has 0 amide bonds. The van der Waals surface area contributed by atoms with Crippen molar-refractivity contribution >= 4 is 5.96 Å². The van der Waals surface area contributed by atoms with Crippen LogP contribution in [0.15, 0.2) is 23.2 Å². The largest absolute Gasteiger partial charge is 0.490 e. The van der Waals surface area contributed by atoms with Crippen LogP contribution in [0, 0.1) is 0 Å². The van der Waals surface area contributed by atoms with Gasteiger partial charge in [0.1, 0.15) is 0 Å². The molecule has 0 atom stereocenters. The lowest BCUT2D eigenvalue weighted by atomic mass is 10.2. The molecule has 124 valence electrons. The lowest BCUT2D eigenvalue weighted by Crippen LogP contribution is -2.35. The fraction of sp³-hybridized carbons (Fsp3) is 0.533. The van der Waals surface area contributed by atoms with Gasteiger partial charge < -0.3 is 19.3 Å². The lowest BCUT2D eigenvalue weighted by Gasteiger charge is -2.23. The minimum Gasteiger partial charge on any atom is -0.490 e. The number of para-hydroxylation sites is 1. The van der Waals surface area contributed by atoms with Gasteiger partial charge >= 0.3 is 6.61 Å². The fourth-order valence-electron chi connectivity index (χ4n) is 2.02. The highest BCUT2D eigenvalue weighted by Gasteiger charge is 2.16. The van der Waals surface area contributed by atoms with Crippen molar-refractivity contribution in [3.8, 4) is 11.5 Å². The molecule has 0 aliphatic heterocycles. The topological polar surface area (TPSA) is 37.3 Å². The molecule has 22 heavy (non-hydrogen) atoms. The number of ether oxygens (including phenoxy) is 2. The molecule has 0 saturated heterocycles. The van der Waals surface area contributed by atoms with E-state index in [1.54, 1.807) is 25.1 Å². The van der Waals surface area contributed by atoms with Crippen LogP contribution in [0.4, 0.5) is 8.78 Å². The molecule has 0 spiro atoms. The number of benzene rings is 1. The quantitative estimate of drug-likeness (QED) is 0.597. The van der Waals surface area contributed by atoms with Crippen molar-refractivity contribution in [2.75, 3.05) is 34.8 Å². The van der Waals surface area contributed by atoms with E-state index in [0.717, 1.165) is 5.96 Å². The van der Waals surface area contributed by atoms with E-state index in [-0.39, 0.29) is 12.3 Å². The SMILES string of the molecule is CCOc1cccc(CN=C(N(C)C)N(C)C)c1OC(F)F. The van der Waals surface area contributed by atoms with Crippen LogP contribution in [0.25, 0.3) is 0 Å². The highest BCUT2D eigenvalue weighted by atomic mass is 19.3. The first-order valence-corrected chi connectivity index (χ1v) is 6.95. The molecule has 1 aromatic rings. The third-order valence-electron chi connectivity index (χ3n) is 2.76. The van der Waals surface area contributed by atoms with Crippen molar-refractivity contribution < 1.29 is 18.3 Å². The normalized spacial score (nSPS) is 10.4. The van der Waals surface area contributed by atoms with Crippen molar-refractivity contribution in [3.05, 3.63) is 23.8 Å². The van der Waals surface area contributed by atoms with Crippen molar-refractivity contribution in [2.45, 2.75) is 20.1 Å². The maximum absolute atomic E-state index is 12.6. The molecule has 7 heteroatoms. The predicted molar refractivity (Wildman–Crippen MR) is 82.8 cm³/mol. The number of nitrogens with zero attached hydrogens (tertiary/aromatic N) is 3. The highest BCUT2D eigenvalue weighted by molar-refractivity contribution is 5.79. The van der Waals surface area contributed by atoms with Crippen molar-refractivity contribution in [1.82, 2.24) is 9.80 Å². The Morgan fingerprint density at radius 1 is 1.18 bits per heavy atom. The molecule has 0 radical (unpaired) electrons. The van der Waals surface area contributed by atoms with Crippen LogP contribution in [0.2, 0.25) is 0 Å². The minimum absolute atomic E-state index is 0.0416. The summed E-state index contributed by atoms with van der Waals surface area (Å²) in [5.74, 6) is 1.07.